The van der Waals surface area contributed by atoms with Crippen molar-refractivity contribution in [3.63, 3.8) is 0 Å². The van der Waals surface area contributed by atoms with Gasteiger partial charge in [0.1, 0.15) is 17.0 Å². The number of aromatic nitrogens is 4. The van der Waals surface area contributed by atoms with Crippen LogP contribution in [0.4, 0.5) is 0 Å². The van der Waals surface area contributed by atoms with E-state index in [-0.39, 0.29) is 11.5 Å². The summed E-state index contributed by atoms with van der Waals surface area (Å²) in [6.07, 6.45) is -1.46. The zero-order valence-electron chi connectivity index (χ0n) is 16.7. The van der Waals surface area contributed by atoms with E-state index in [0.29, 0.717) is 10.7 Å². The number of nitrogens with zero attached hydrogens (tertiary/aromatic N) is 5. The maximum absolute atomic E-state index is 12.8. The minimum Gasteiger partial charge on any atom is -0.480 e. The summed E-state index contributed by atoms with van der Waals surface area (Å²) in [6.45, 7) is 0. The number of nitrogens with one attached hydrogen (secondary N) is 1. The van der Waals surface area contributed by atoms with E-state index in [1.807, 2.05) is 0 Å². The number of carboxylic acid groups (broad SMARTS) is 1. The summed E-state index contributed by atoms with van der Waals surface area (Å²) in [6, 6.07) is 5.76. The number of tetrazole rings is 1. The van der Waals surface area contributed by atoms with Crippen molar-refractivity contribution in [3.8, 4) is 0 Å². The third-order valence-corrected chi connectivity index (χ3v) is 8.05. The summed E-state index contributed by atoms with van der Waals surface area (Å²) >= 11 is 2.25. The minimum absolute atomic E-state index is 0.0182. The average molecular weight is 481 g/mol. The molecule has 170 valence electrons. The summed E-state index contributed by atoms with van der Waals surface area (Å²) in [7, 11) is 1.61. The highest BCUT2D eigenvalue weighted by Gasteiger charge is 2.62. The number of carbonyl (C=O) groups excluding carboxylic acids is 2. The number of fused-ring (bicyclic) bond motifs is 1. The zero-order chi connectivity index (χ0) is 23.0. The molecule has 1 aromatic carbocycles. The van der Waals surface area contributed by atoms with Gasteiger partial charge in [0.2, 0.25) is 11.1 Å². The van der Waals surface area contributed by atoms with Crippen LogP contribution >= 0.6 is 23.5 Å². The van der Waals surface area contributed by atoms with Crippen LogP contribution in [0.5, 0.6) is 0 Å². The predicted molar refractivity (Wildman–Crippen MR) is 112 cm³/mol. The van der Waals surface area contributed by atoms with Crippen molar-refractivity contribution in [2.24, 2.45) is 7.05 Å². The van der Waals surface area contributed by atoms with E-state index in [0.717, 1.165) is 16.7 Å². The van der Waals surface area contributed by atoms with Crippen molar-refractivity contribution in [2.45, 2.75) is 34.3 Å². The largest absolute Gasteiger partial charge is 0.480 e. The summed E-state index contributed by atoms with van der Waals surface area (Å²) in [4.78, 5) is 38.3. The molecular formula is C18H20N6O6S2. The lowest BCUT2D eigenvalue weighted by Crippen LogP contribution is -2.79. The van der Waals surface area contributed by atoms with Crippen molar-refractivity contribution in [2.75, 3.05) is 11.5 Å². The minimum atomic E-state index is -1.74. The first kappa shape index (κ1) is 22.5. The molecule has 32 heavy (non-hydrogen) atoms. The molecule has 0 radical (unpaired) electrons. The molecule has 2 fully saturated rings. The number of aliphatic carboxylic acids is 1. The van der Waals surface area contributed by atoms with Gasteiger partial charge in [-0.25, -0.2) is 9.48 Å². The third-order valence-electron chi connectivity index (χ3n) is 5.30. The molecule has 0 saturated carbocycles. The normalized spacial score (nSPS) is 27.9. The first-order chi connectivity index (χ1) is 15.2. The van der Waals surface area contributed by atoms with Crippen LogP contribution in [0.15, 0.2) is 35.5 Å². The number of β-lactam (4-membered cyclic amide) rings is 1. The van der Waals surface area contributed by atoms with E-state index in [9.17, 15) is 29.7 Å². The SMILES string of the molecule is Cn1nnnc1SCC1(O)CS[C@@H]2[C@H](NC(=O)[C@H](O)c3ccccc3)C(=O)N2C1C(=O)O. The highest BCUT2D eigenvalue weighted by molar-refractivity contribution is 8.00. The van der Waals surface area contributed by atoms with Crippen molar-refractivity contribution in [3.05, 3.63) is 35.9 Å². The van der Waals surface area contributed by atoms with E-state index in [2.05, 4.69) is 20.8 Å². The molecule has 3 heterocycles. The molecule has 2 saturated heterocycles. The molecule has 2 aliphatic heterocycles. The second kappa shape index (κ2) is 8.69. The second-order valence-corrected chi connectivity index (χ2v) is 9.51. The molecule has 2 amide bonds. The second-order valence-electron chi connectivity index (χ2n) is 7.46. The fourth-order valence-corrected chi connectivity index (χ4v) is 6.23. The van der Waals surface area contributed by atoms with Gasteiger partial charge in [0.15, 0.2) is 12.1 Å². The Morgan fingerprint density at radius 3 is 2.72 bits per heavy atom. The highest BCUT2D eigenvalue weighted by atomic mass is 32.2. The van der Waals surface area contributed by atoms with E-state index < -0.39 is 46.9 Å². The first-order valence-electron chi connectivity index (χ1n) is 9.50. The Morgan fingerprint density at radius 2 is 2.09 bits per heavy atom. The van der Waals surface area contributed by atoms with Gasteiger partial charge in [-0.2, -0.15) is 0 Å². The van der Waals surface area contributed by atoms with Gasteiger partial charge >= 0.3 is 5.97 Å². The monoisotopic (exact) mass is 480 g/mol. The van der Waals surface area contributed by atoms with Gasteiger partial charge in [0.25, 0.3) is 5.91 Å². The quantitative estimate of drug-likeness (QED) is 0.272. The summed E-state index contributed by atoms with van der Waals surface area (Å²) < 4.78 is 1.39. The topological polar surface area (TPSA) is 171 Å². The molecule has 0 bridgehead atoms. The number of hydrogen-bond acceptors (Lipinski definition) is 10. The Balaban J connectivity index is 1.45. The van der Waals surface area contributed by atoms with Crippen LogP contribution in [-0.2, 0) is 21.4 Å². The van der Waals surface area contributed by atoms with Gasteiger partial charge in [-0.1, -0.05) is 42.1 Å². The molecule has 5 atom stereocenters. The standard InChI is InChI=1S/C18H20N6O6S2/c1-23-17(20-21-22-23)32-8-18(30)7-31-15-10(14(27)24(15)12(18)16(28)29)19-13(26)11(25)9-5-3-2-4-6-9/h2-6,10-12,15,25,30H,7-8H2,1H3,(H,19,26)(H,28,29)/t10-,11-,12?,15-,18?/m1/s1. The molecule has 2 aromatic rings. The average Bonchev–Trinajstić information content (AvgIpc) is 3.20. The van der Waals surface area contributed by atoms with E-state index in [4.69, 9.17) is 0 Å². The van der Waals surface area contributed by atoms with Crippen LogP contribution in [0.25, 0.3) is 0 Å². The number of carbonyl (C=O) groups is 3. The van der Waals surface area contributed by atoms with Crippen molar-refractivity contribution in [1.82, 2.24) is 30.4 Å². The number of thioether (sulfide) groups is 2. The molecule has 0 spiro atoms. The molecule has 2 aliphatic rings. The lowest BCUT2D eigenvalue weighted by molar-refractivity contribution is -0.174. The number of amides is 2. The van der Waals surface area contributed by atoms with Gasteiger partial charge in [-0.15, -0.1) is 16.9 Å². The summed E-state index contributed by atoms with van der Waals surface area (Å²) in [5.74, 6) is -2.77. The van der Waals surface area contributed by atoms with Crippen LogP contribution in [-0.4, -0.2) is 92.8 Å². The van der Waals surface area contributed by atoms with Crippen LogP contribution in [0, 0.1) is 0 Å². The molecule has 4 N–H and O–H groups in total. The number of hydrogen-bond donors (Lipinski definition) is 4. The number of aliphatic hydroxyl groups is 2. The Hall–Kier alpha value is -2.68. The lowest BCUT2D eigenvalue weighted by atomic mass is 9.91. The number of benzene rings is 1. The van der Waals surface area contributed by atoms with Crippen LogP contribution < -0.4 is 5.32 Å². The Labute approximate surface area is 190 Å². The Bertz CT molecular complexity index is 1040. The molecular weight excluding hydrogens is 460 g/mol. The van der Waals surface area contributed by atoms with E-state index in [1.54, 1.807) is 37.4 Å². The maximum atomic E-state index is 12.8. The first-order valence-corrected chi connectivity index (χ1v) is 11.5. The van der Waals surface area contributed by atoms with Crippen molar-refractivity contribution >= 4 is 41.3 Å². The third kappa shape index (κ3) is 3.94. The smallest absolute Gasteiger partial charge is 0.329 e. The van der Waals surface area contributed by atoms with Crippen LogP contribution in [0.2, 0.25) is 0 Å². The Morgan fingerprint density at radius 1 is 1.38 bits per heavy atom. The van der Waals surface area contributed by atoms with E-state index in [1.165, 1.54) is 16.4 Å². The molecule has 4 rings (SSSR count). The summed E-state index contributed by atoms with van der Waals surface area (Å²) in [5.41, 5.74) is -1.37. The molecule has 12 nitrogen and oxygen atoms in total. The number of rotatable bonds is 7. The molecule has 14 heteroatoms. The van der Waals surface area contributed by atoms with Gasteiger partial charge in [0.05, 0.1) is 0 Å². The van der Waals surface area contributed by atoms with Crippen LogP contribution in [0.3, 0.4) is 0 Å². The van der Waals surface area contributed by atoms with Gasteiger partial charge in [-0.05, 0) is 16.0 Å². The highest BCUT2D eigenvalue weighted by Crippen LogP contribution is 2.44. The van der Waals surface area contributed by atoms with Gasteiger partial charge in [-0.3, -0.25) is 9.59 Å². The Kier molecular flexibility index (Phi) is 6.11. The van der Waals surface area contributed by atoms with Crippen LogP contribution in [0.1, 0.15) is 11.7 Å². The van der Waals surface area contributed by atoms with Crippen molar-refractivity contribution < 1.29 is 29.7 Å². The number of carboxylic acids is 1. The molecule has 2 unspecified atom stereocenters. The van der Waals surface area contributed by atoms with Crippen molar-refractivity contribution in [1.29, 1.82) is 0 Å². The van der Waals surface area contributed by atoms with Gasteiger partial charge in [0, 0.05) is 18.6 Å². The molecule has 1 aromatic heterocycles. The fraction of sp³-hybridized carbons (Fsp3) is 0.444. The molecule has 0 aliphatic carbocycles. The summed E-state index contributed by atoms with van der Waals surface area (Å²) in [5, 5.41) is 44.4. The number of aryl methyl sites for hydroxylation is 1. The van der Waals surface area contributed by atoms with Gasteiger partial charge < -0.3 is 25.5 Å². The zero-order valence-corrected chi connectivity index (χ0v) is 18.4. The fourth-order valence-electron chi connectivity index (χ4n) is 3.66. The maximum Gasteiger partial charge on any atom is 0.329 e. The number of aliphatic hydroxyl groups excluding tert-OH is 1. The lowest BCUT2D eigenvalue weighted by Gasteiger charge is -2.56. The predicted octanol–water partition coefficient (Wildman–Crippen LogP) is -1.38. The van der Waals surface area contributed by atoms with E-state index >= 15 is 0 Å².